The van der Waals surface area contributed by atoms with Crippen LogP contribution in [-0.2, 0) is 11.3 Å². The highest BCUT2D eigenvalue weighted by atomic mass is 16.1. The number of H-pyrrole nitrogens is 1. The molecule has 13 heavy (non-hydrogen) atoms. The summed E-state index contributed by atoms with van der Waals surface area (Å²) in [7, 11) is 0. The number of hydrogen-bond donors (Lipinski definition) is 2. The number of carbonyl (C=O) groups excluding carboxylic acids is 1. The summed E-state index contributed by atoms with van der Waals surface area (Å²) in [5, 5.41) is 9.33. The van der Waals surface area contributed by atoms with Gasteiger partial charge in [0.15, 0.2) is 5.82 Å². The van der Waals surface area contributed by atoms with Crippen LogP contribution in [0.4, 0.5) is 0 Å². The third-order valence-electron chi connectivity index (χ3n) is 1.59. The maximum absolute atomic E-state index is 11.1. The Bertz CT molecular complexity index is 292. The van der Waals surface area contributed by atoms with Gasteiger partial charge in [0.2, 0.25) is 5.91 Å². The number of hydrogen-bond acceptors (Lipinski definition) is 3. The summed E-state index contributed by atoms with van der Waals surface area (Å²) >= 11 is 0. The topological polar surface area (TPSA) is 70.7 Å². The fourth-order valence-electron chi connectivity index (χ4n) is 0.838. The maximum Gasteiger partial charge on any atom is 0.222 e. The van der Waals surface area contributed by atoms with Crippen molar-refractivity contribution in [2.75, 3.05) is 0 Å². The van der Waals surface area contributed by atoms with Crippen LogP contribution in [0, 0.1) is 12.8 Å². The molecule has 0 saturated heterocycles. The highest BCUT2D eigenvalue weighted by Gasteiger charge is 2.07. The zero-order valence-electron chi connectivity index (χ0n) is 8.09. The smallest absolute Gasteiger partial charge is 0.222 e. The zero-order valence-corrected chi connectivity index (χ0v) is 8.09. The Hall–Kier alpha value is -1.39. The minimum Gasteiger partial charge on any atom is -0.349 e. The molecule has 0 radical (unpaired) electrons. The molecule has 0 unspecified atom stereocenters. The lowest BCUT2D eigenvalue weighted by molar-refractivity contribution is -0.124. The van der Waals surface area contributed by atoms with Crippen molar-refractivity contribution in [2.24, 2.45) is 5.92 Å². The van der Waals surface area contributed by atoms with E-state index in [1.807, 2.05) is 20.8 Å². The number of aryl methyl sites for hydroxylation is 1. The lowest BCUT2D eigenvalue weighted by Crippen LogP contribution is -2.27. The van der Waals surface area contributed by atoms with Gasteiger partial charge < -0.3 is 5.32 Å². The fraction of sp³-hybridized carbons (Fsp3) is 0.625. The molecule has 0 atom stereocenters. The molecule has 0 spiro atoms. The normalized spacial score (nSPS) is 10.5. The molecular weight excluding hydrogens is 168 g/mol. The summed E-state index contributed by atoms with van der Waals surface area (Å²) in [5.74, 6) is 1.39. The summed E-state index contributed by atoms with van der Waals surface area (Å²) in [6.45, 7) is 5.90. The van der Waals surface area contributed by atoms with E-state index in [1.165, 1.54) is 0 Å². The lowest BCUT2D eigenvalue weighted by atomic mass is 10.2. The van der Waals surface area contributed by atoms with E-state index in [4.69, 9.17) is 0 Å². The van der Waals surface area contributed by atoms with Gasteiger partial charge >= 0.3 is 0 Å². The van der Waals surface area contributed by atoms with E-state index in [0.717, 1.165) is 5.82 Å². The number of nitrogens with zero attached hydrogens (tertiary/aromatic N) is 2. The highest BCUT2D eigenvalue weighted by molar-refractivity contribution is 5.77. The second kappa shape index (κ2) is 4.02. The Balaban J connectivity index is 2.39. The third kappa shape index (κ3) is 2.85. The molecule has 5 heteroatoms. The van der Waals surface area contributed by atoms with Crippen LogP contribution in [0.5, 0.6) is 0 Å². The van der Waals surface area contributed by atoms with Gasteiger partial charge in [-0.3, -0.25) is 9.89 Å². The molecule has 0 aliphatic carbocycles. The molecule has 1 aromatic rings. The molecule has 0 aliphatic rings. The van der Waals surface area contributed by atoms with Gasteiger partial charge in [-0.15, -0.1) is 0 Å². The lowest BCUT2D eigenvalue weighted by Gasteiger charge is -2.04. The molecule has 2 N–H and O–H groups in total. The van der Waals surface area contributed by atoms with Crippen LogP contribution >= 0.6 is 0 Å². The van der Waals surface area contributed by atoms with Gasteiger partial charge in [0.25, 0.3) is 0 Å². The highest BCUT2D eigenvalue weighted by Crippen LogP contribution is 1.93. The molecule has 1 heterocycles. The molecule has 1 amide bonds. The van der Waals surface area contributed by atoms with Crippen molar-refractivity contribution in [3.8, 4) is 0 Å². The van der Waals surface area contributed by atoms with Gasteiger partial charge in [0.05, 0.1) is 6.54 Å². The third-order valence-corrected chi connectivity index (χ3v) is 1.59. The number of rotatable bonds is 3. The summed E-state index contributed by atoms with van der Waals surface area (Å²) in [6.07, 6.45) is 0. The van der Waals surface area contributed by atoms with Crippen molar-refractivity contribution in [3.63, 3.8) is 0 Å². The Labute approximate surface area is 76.9 Å². The molecule has 0 aliphatic heterocycles. The first-order valence-corrected chi connectivity index (χ1v) is 4.25. The predicted molar refractivity (Wildman–Crippen MR) is 47.8 cm³/mol. The summed E-state index contributed by atoms with van der Waals surface area (Å²) in [4.78, 5) is 15.2. The molecular formula is C8H14N4O. The average Bonchev–Trinajstić information content (AvgIpc) is 2.47. The Morgan fingerprint density at radius 1 is 1.62 bits per heavy atom. The second-order valence-electron chi connectivity index (χ2n) is 3.21. The molecule has 0 aromatic carbocycles. The van der Waals surface area contributed by atoms with Crippen molar-refractivity contribution < 1.29 is 4.79 Å². The summed E-state index contributed by atoms with van der Waals surface area (Å²) in [6, 6.07) is 0. The van der Waals surface area contributed by atoms with Crippen molar-refractivity contribution in [2.45, 2.75) is 27.3 Å². The molecule has 0 fully saturated rings. The van der Waals surface area contributed by atoms with E-state index in [-0.39, 0.29) is 11.8 Å². The quantitative estimate of drug-likeness (QED) is 0.710. The largest absolute Gasteiger partial charge is 0.349 e. The maximum atomic E-state index is 11.1. The number of aromatic amines is 1. The van der Waals surface area contributed by atoms with Crippen molar-refractivity contribution in [1.29, 1.82) is 0 Å². The minimum absolute atomic E-state index is 0.0000359. The second-order valence-corrected chi connectivity index (χ2v) is 3.21. The first-order chi connectivity index (χ1) is 6.09. The molecule has 72 valence electrons. The van der Waals surface area contributed by atoms with Crippen LogP contribution in [0.25, 0.3) is 0 Å². The van der Waals surface area contributed by atoms with E-state index in [2.05, 4.69) is 20.5 Å². The molecule has 1 rings (SSSR count). The van der Waals surface area contributed by atoms with Crippen LogP contribution in [0.15, 0.2) is 0 Å². The summed E-state index contributed by atoms with van der Waals surface area (Å²) in [5.41, 5.74) is 0. The van der Waals surface area contributed by atoms with Crippen LogP contribution in [0.3, 0.4) is 0 Å². The molecule has 0 saturated carbocycles. The number of carbonyl (C=O) groups is 1. The van der Waals surface area contributed by atoms with E-state index in [0.29, 0.717) is 12.4 Å². The van der Waals surface area contributed by atoms with Gasteiger partial charge in [-0.25, -0.2) is 4.98 Å². The van der Waals surface area contributed by atoms with E-state index in [9.17, 15) is 4.79 Å². The minimum atomic E-state index is 0.0000359. The fourth-order valence-corrected chi connectivity index (χ4v) is 0.838. The van der Waals surface area contributed by atoms with E-state index >= 15 is 0 Å². The van der Waals surface area contributed by atoms with Gasteiger partial charge in [0.1, 0.15) is 5.82 Å². The van der Waals surface area contributed by atoms with Gasteiger partial charge in [0, 0.05) is 5.92 Å². The van der Waals surface area contributed by atoms with Gasteiger partial charge in [-0.05, 0) is 6.92 Å². The van der Waals surface area contributed by atoms with Gasteiger partial charge in [-0.2, -0.15) is 5.10 Å². The van der Waals surface area contributed by atoms with E-state index in [1.54, 1.807) is 0 Å². The molecule has 1 aromatic heterocycles. The standard InChI is InChI=1S/C8H14N4O/c1-5(2)8(13)9-4-7-10-6(3)11-12-7/h5H,4H2,1-3H3,(H,9,13)(H,10,11,12). The Morgan fingerprint density at radius 2 is 2.31 bits per heavy atom. The Morgan fingerprint density at radius 3 is 2.77 bits per heavy atom. The van der Waals surface area contributed by atoms with E-state index < -0.39 is 0 Å². The first kappa shape index (κ1) is 9.70. The van der Waals surface area contributed by atoms with Crippen molar-refractivity contribution in [3.05, 3.63) is 11.6 Å². The van der Waals surface area contributed by atoms with Crippen LogP contribution in [-0.4, -0.2) is 21.1 Å². The van der Waals surface area contributed by atoms with Crippen molar-refractivity contribution >= 4 is 5.91 Å². The van der Waals surface area contributed by atoms with Gasteiger partial charge in [-0.1, -0.05) is 13.8 Å². The van der Waals surface area contributed by atoms with Crippen LogP contribution < -0.4 is 5.32 Å². The van der Waals surface area contributed by atoms with Crippen LogP contribution in [0.2, 0.25) is 0 Å². The zero-order chi connectivity index (χ0) is 9.84. The molecule has 5 nitrogen and oxygen atoms in total. The number of aromatic nitrogens is 3. The average molecular weight is 182 g/mol. The molecule has 0 bridgehead atoms. The number of amides is 1. The monoisotopic (exact) mass is 182 g/mol. The SMILES string of the molecule is Cc1nc(CNC(=O)C(C)C)n[nH]1. The van der Waals surface area contributed by atoms with Crippen molar-refractivity contribution in [1.82, 2.24) is 20.5 Å². The number of nitrogens with one attached hydrogen (secondary N) is 2. The Kier molecular flexibility index (Phi) is 3.00. The predicted octanol–water partition coefficient (Wildman–Crippen LogP) is 0.385. The summed E-state index contributed by atoms with van der Waals surface area (Å²) < 4.78 is 0. The first-order valence-electron chi connectivity index (χ1n) is 4.25. The van der Waals surface area contributed by atoms with Crippen LogP contribution in [0.1, 0.15) is 25.5 Å².